The van der Waals surface area contributed by atoms with Gasteiger partial charge in [0.15, 0.2) is 12.6 Å². The lowest BCUT2D eigenvalue weighted by Crippen LogP contribution is -2.33. The third-order valence-electron chi connectivity index (χ3n) is 4.67. The highest BCUT2D eigenvalue weighted by Gasteiger charge is 2.37. The molecule has 2 aromatic rings. The van der Waals surface area contributed by atoms with Crippen LogP contribution in [0.1, 0.15) is 43.1 Å². The lowest BCUT2D eigenvalue weighted by Gasteiger charge is -2.26. The highest BCUT2D eigenvalue weighted by molar-refractivity contribution is 5.79. The molecule has 0 aliphatic rings. The van der Waals surface area contributed by atoms with Gasteiger partial charge in [-0.25, -0.2) is 9.48 Å². The van der Waals surface area contributed by atoms with Crippen LogP contribution in [0.3, 0.4) is 0 Å². The van der Waals surface area contributed by atoms with Crippen LogP contribution in [-0.2, 0) is 38.9 Å². The molecule has 0 bridgehead atoms. The van der Waals surface area contributed by atoms with E-state index in [9.17, 15) is 19.8 Å². The average molecular weight is 445 g/mol. The molecule has 32 heavy (non-hydrogen) atoms. The minimum Gasteiger partial charge on any atom is -0.487 e. The van der Waals surface area contributed by atoms with Gasteiger partial charge < -0.3 is 24.4 Å². The lowest BCUT2D eigenvalue weighted by molar-refractivity contribution is -0.155. The maximum Gasteiger partial charge on any atom is 0.330 e. The molecule has 0 saturated carbocycles. The predicted molar refractivity (Wildman–Crippen MR) is 112 cm³/mol. The Balaban J connectivity index is 2.15. The molecule has 1 aromatic carbocycles. The first kappa shape index (κ1) is 24.8. The Hall–Kier alpha value is -3.42. The molecule has 10 nitrogen and oxygen atoms in total. The van der Waals surface area contributed by atoms with Crippen molar-refractivity contribution in [3.63, 3.8) is 0 Å². The van der Waals surface area contributed by atoms with Crippen molar-refractivity contribution >= 4 is 11.9 Å². The summed E-state index contributed by atoms with van der Waals surface area (Å²) in [5.74, 6) is 1.53. The number of methoxy groups -OCH3 is 1. The Morgan fingerprint density at radius 1 is 1.22 bits per heavy atom. The number of rotatable bonds is 11. The van der Waals surface area contributed by atoms with Gasteiger partial charge in [0, 0.05) is 0 Å². The van der Waals surface area contributed by atoms with Gasteiger partial charge in [0.1, 0.15) is 18.1 Å². The van der Waals surface area contributed by atoms with Gasteiger partial charge in [-0.15, -0.1) is 11.5 Å². The molecule has 1 atom stereocenters. The molecule has 2 N–H and O–H groups in total. The van der Waals surface area contributed by atoms with Crippen LogP contribution in [0, 0.1) is 17.8 Å². The topological polar surface area (TPSA) is 133 Å². The van der Waals surface area contributed by atoms with Crippen LogP contribution in [-0.4, -0.2) is 50.9 Å². The summed E-state index contributed by atoms with van der Waals surface area (Å²) in [6.07, 6.45) is 6.70. The van der Waals surface area contributed by atoms with Gasteiger partial charge in [0.25, 0.3) is 0 Å². The number of benzene rings is 1. The summed E-state index contributed by atoms with van der Waals surface area (Å²) in [6.45, 7) is 2.75. The fourth-order valence-corrected chi connectivity index (χ4v) is 2.97. The van der Waals surface area contributed by atoms with E-state index in [0.29, 0.717) is 22.6 Å². The normalized spacial score (nSPS) is 12.0. The Bertz CT molecular complexity index is 956. The van der Waals surface area contributed by atoms with Crippen LogP contribution < -0.4 is 4.74 Å². The van der Waals surface area contributed by atoms with Crippen molar-refractivity contribution in [1.82, 2.24) is 15.0 Å². The largest absolute Gasteiger partial charge is 0.487 e. The van der Waals surface area contributed by atoms with Crippen LogP contribution in [0.2, 0.25) is 0 Å². The van der Waals surface area contributed by atoms with Crippen LogP contribution in [0.25, 0.3) is 0 Å². The minimum atomic E-state index is -1.04. The van der Waals surface area contributed by atoms with Gasteiger partial charge in [-0.05, 0) is 43.5 Å². The number of aliphatic hydroxyl groups is 2. The van der Waals surface area contributed by atoms with Gasteiger partial charge in [-0.1, -0.05) is 17.2 Å². The highest BCUT2D eigenvalue weighted by atomic mass is 16.5. The second kappa shape index (κ2) is 11.3. The van der Waals surface area contributed by atoms with E-state index in [1.807, 2.05) is 0 Å². The van der Waals surface area contributed by atoms with Crippen molar-refractivity contribution in [3.05, 3.63) is 41.2 Å². The summed E-state index contributed by atoms with van der Waals surface area (Å²) in [5.41, 5.74) is 0.579. The molecule has 0 fully saturated rings. The van der Waals surface area contributed by atoms with Gasteiger partial charge >= 0.3 is 11.9 Å². The van der Waals surface area contributed by atoms with Gasteiger partial charge in [-0.3, -0.25) is 4.79 Å². The zero-order valence-corrected chi connectivity index (χ0v) is 18.3. The maximum absolute atomic E-state index is 12.4. The Morgan fingerprint density at radius 3 is 2.44 bits per heavy atom. The number of terminal acetylenes is 1. The van der Waals surface area contributed by atoms with E-state index in [1.165, 1.54) is 18.0 Å². The third-order valence-corrected chi connectivity index (χ3v) is 4.67. The van der Waals surface area contributed by atoms with E-state index >= 15 is 0 Å². The molecule has 1 unspecified atom stereocenters. The van der Waals surface area contributed by atoms with E-state index < -0.39 is 23.4 Å². The van der Waals surface area contributed by atoms with Crippen LogP contribution in [0.4, 0.5) is 0 Å². The van der Waals surface area contributed by atoms with E-state index in [4.69, 9.17) is 20.6 Å². The van der Waals surface area contributed by atoms with Crippen molar-refractivity contribution in [2.75, 3.05) is 13.7 Å². The summed E-state index contributed by atoms with van der Waals surface area (Å²) in [6, 6.07) is 4.03. The summed E-state index contributed by atoms with van der Waals surface area (Å²) in [4.78, 5) is 24.7. The van der Waals surface area contributed by atoms with Crippen LogP contribution in [0.5, 0.6) is 5.75 Å². The number of hydrogen-bond acceptors (Lipinski definition) is 9. The second-order valence-electron chi connectivity index (χ2n) is 7.69. The molecule has 2 rings (SSSR count). The zero-order chi connectivity index (χ0) is 23.7. The fourth-order valence-electron chi connectivity index (χ4n) is 2.97. The first-order chi connectivity index (χ1) is 15.2. The average Bonchev–Trinajstić information content (AvgIpc) is 3.27. The Kier molecular flexibility index (Phi) is 8.75. The number of hydrogen-bond donors (Lipinski definition) is 2. The number of esters is 2. The molecule has 0 aliphatic heterocycles. The van der Waals surface area contributed by atoms with Crippen molar-refractivity contribution < 1.29 is 34.0 Å². The number of nitrogens with zero attached hydrogens (tertiary/aromatic N) is 3. The lowest BCUT2D eigenvalue weighted by atomic mass is 9.85. The quantitative estimate of drug-likeness (QED) is 0.386. The first-order valence-corrected chi connectivity index (χ1v) is 9.80. The molecule has 1 heterocycles. The van der Waals surface area contributed by atoms with Gasteiger partial charge in [0.05, 0.1) is 31.9 Å². The molecule has 172 valence electrons. The van der Waals surface area contributed by atoms with Crippen molar-refractivity contribution in [1.29, 1.82) is 0 Å². The third kappa shape index (κ3) is 6.54. The van der Waals surface area contributed by atoms with E-state index in [1.54, 1.807) is 32.0 Å². The van der Waals surface area contributed by atoms with Gasteiger partial charge in [0.2, 0.25) is 0 Å². The van der Waals surface area contributed by atoms with E-state index in [-0.39, 0.29) is 32.8 Å². The van der Waals surface area contributed by atoms with Crippen molar-refractivity contribution in [2.45, 2.75) is 46.1 Å². The highest BCUT2D eigenvalue weighted by Crippen LogP contribution is 2.30. The molecular formula is C22H27N3O7. The maximum atomic E-state index is 12.4. The van der Waals surface area contributed by atoms with E-state index in [0.717, 1.165) is 0 Å². The molecule has 0 spiro atoms. The minimum absolute atomic E-state index is 0.0290. The Morgan fingerprint density at radius 2 is 1.88 bits per heavy atom. The molecule has 1 aromatic heterocycles. The molecule has 0 aliphatic carbocycles. The Labute approximate surface area is 186 Å². The number of ether oxygens (including phenoxy) is 3. The number of aliphatic hydroxyl groups excluding tert-OH is 2. The van der Waals surface area contributed by atoms with E-state index in [2.05, 4.69) is 16.2 Å². The summed E-state index contributed by atoms with van der Waals surface area (Å²) in [5, 5.41) is 26.7. The number of carbonyl (C=O) groups is 2. The van der Waals surface area contributed by atoms with Crippen molar-refractivity contribution in [2.24, 2.45) is 5.41 Å². The summed E-state index contributed by atoms with van der Waals surface area (Å²) in [7, 11) is 1.24. The SMILES string of the molecule is C#CCOC(=O)C(C)(C)CC(C(=O)OC)n1cc(COc2cc(CO)cc(CO)c2)nn1. The van der Waals surface area contributed by atoms with Crippen molar-refractivity contribution in [3.8, 4) is 18.1 Å². The molecule has 0 radical (unpaired) electrons. The second-order valence-corrected chi connectivity index (χ2v) is 7.69. The first-order valence-electron chi connectivity index (χ1n) is 9.80. The molecular weight excluding hydrogens is 418 g/mol. The molecule has 10 heteroatoms. The predicted octanol–water partition coefficient (Wildman–Crippen LogP) is 1.15. The van der Waals surface area contributed by atoms with Gasteiger partial charge in [-0.2, -0.15) is 0 Å². The van der Waals surface area contributed by atoms with Crippen LogP contribution in [0.15, 0.2) is 24.4 Å². The number of carbonyl (C=O) groups excluding carboxylic acids is 2. The fraction of sp³-hybridized carbons (Fsp3) is 0.455. The summed E-state index contributed by atoms with van der Waals surface area (Å²) < 4.78 is 16.9. The smallest absolute Gasteiger partial charge is 0.330 e. The summed E-state index contributed by atoms with van der Waals surface area (Å²) >= 11 is 0. The standard InChI is InChI=1S/C22H27N3O7/c1-5-6-31-21(29)22(2,3)10-19(20(28)30-4)25-11-17(23-24-25)14-32-18-8-15(12-26)7-16(9-18)13-27/h1,7-9,11,19,26-27H,6,10,12-14H2,2-4H3. The molecule has 0 saturated heterocycles. The van der Waals surface area contributed by atoms with Crippen LogP contribution >= 0.6 is 0 Å². The molecule has 0 amide bonds. The monoisotopic (exact) mass is 445 g/mol. The number of aromatic nitrogens is 3. The zero-order valence-electron chi connectivity index (χ0n) is 18.3.